The van der Waals surface area contributed by atoms with Gasteiger partial charge in [0, 0.05) is 18.2 Å². The number of carbonyl (C=O) groups is 1. The number of hydrogen-bond acceptors (Lipinski definition) is 4. The van der Waals surface area contributed by atoms with E-state index in [0.717, 1.165) is 52.6 Å². The fourth-order valence-corrected chi connectivity index (χ4v) is 2.86. The van der Waals surface area contributed by atoms with Crippen molar-refractivity contribution in [2.24, 2.45) is 0 Å². The summed E-state index contributed by atoms with van der Waals surface area (Å²) in [6.07, 6.45) is 5.51. The number of rotatable bonds is 8. The fourth-order valence-electron chi connectivity index (χ4n) is 2.25. The zero-order valence-corrected chi connectivity index (χ0v) is 15.2. The Morgan fingerprint density at radius 3 is 2.68 bits per heavy atom. The highest BCUT2D eigenvalue weighted by atomic mass is 32.2. The summed E-state index contributed by atoms with van der Waals surface area (Å²) in [6, 6.07) is 5.84. The molecule has 1 aromatic rings. The van der Waals surface area contributed by atoms with Crippen molar-refractivity contribution in [3.8, 4) is 5.75 Å². The van der Waals surface area contributed by atoms with Crippen LogP contribution in [0.15, 0.2) is 24.3 Å². The number of benzene rings is 1. The van der Waals surface area contributed by atoms with E-state index < -0.39 is 0 Å². The van der Waals surface area contributed by atoms with Gasteiger partial charge in [0.1, 0.15) is 12.0 Å². The number of nitrogens with zero attached hydrogens (tertiary/aromatic N) is 1. The molecular formula is C17H23NO2S2. The predicted octanol–water partition coefficient (Wildman–Crippen LogP) is 3.95. The van der Waals surface area contributed by atoms with Crippen LogP contribution in [0.4, 0.5) is 0 Å². The van der Waals surface area contributed by atoms with E-state index in [1.165, 1.54) is 0 Å². The van der Waals surface area contributed by atoms with Crippen molar-refractivity contribution in [3.05, 3.63) is 35.4 Å². The van der Waals surface area contributed by atoms with Crippen molar-refractivity contribution in [3.63, 3.8) is 0 Å². The van der Waals surface area contributed by atoms with Crippen molar-refractivity contribution in [2.45, 2.75) is 20.3 Å². The Kier molecular flexibility index (Phi) is 8.20. The van der Waals surface area contributed by atoms with Crippen LogP contribution >= 0.6 is 24.0 Å². The maximum absolute atomic E-state index is 11.1. The van der Waals surface area contributed by atoms with Crippen LogP contribution in [-0.4, -0.2) is 41.8 Å². The Labute approximate surface area is 142 Å². The minimum Gasteiger partial charge on any atom is -0.497 e. The molecule has 0 heterocycles. The molecule has 0 atom stereocenters. The number of methoxy groups -OCH3 is 1. The summed E-state index contributed by atoms with van der Waals surface area (Å²) in [5.41, 5.74) is 2.91. The molecule has 3 nitrogen and oxygen atoms in total. The number of ether oxygens (including phenoxy) is 1. The number of thioether (sulfide) groups is 1. The molecule has 0 saturated heterocycles. The third kappa shape index (κ3) is 5.14. The van der Waals surface area contributed by atoms with E-state index in [4.69, 9.17) is 17.0 Å². The third-order valence-corrected chi connectivity index (χ3v) is 4.25. The van der Waals surface area contributed by atoms with Gasteiger partial charge in [-0.15, -0.1) is 0 Å². The van der Waals surface area contributed by atoms with Crippen LogP contribution in [0.5, 0.6) is 5.75 Å². The second-order valence-corrected chi connectivity index (χ2v) is 6.46. The van der Waals surface area contributed by atoms with Crippen LogP contribution < -0.4 is 4.74 Å². The van der Waals surface area contributed by atoms with Crippen LogP contribution in [0, 0.1) is 6.92 Å². The lowest BCUT2D eigenvalue weighted by Gasteiger charge is -2.27. The maximum atomic E-state index is 11.1. The topological polar surface area (TPSA) is 29.5 Å². The monoisotopic (exact) mass is 337 g/mol. The minimum absolute atomic E-state index is 0.768. The lowest BCUT2D eigenvalue weighted by Crippen LogP contribution is -2.28. The summed E-state index contributed by atoms with van der Waals surface area (Å²) in [5.74, 6) is 1.87. The Bertz CT molecular complexity index is 556. The number of hydrogen-bond donors (Lipinski definition) is 0. The minimum atomic E-state index is 0.768. The van der Waals surface area contributed by atoms with Gasteiger partial charge in [-0.2, -0.15) is 11.8 Å². The van der Waals surface area contributed by atoms with Gasteiger partial charge in [0.2, 0.25) is 0 Å². The van der Waals surface area contributed by atoms with Gasteiger partial charge in [-0.05, 0) is 56.0 Å². The molecule has 1 aromatic carbocycles. The second-order valence-electron chi connectivity index (χ2n) is 4.89. The van der Waals surface area contributed by atoms with Gasteiger partial charge in [-0.1, -0.05) is 12.2 Å². The average Bonchev–Trinajstić information content (AvgIpc) is 2.50. The summed E-state index contributed by atoms with van der Waals surface area (Å²) >= 11 is 7.20. The van der Waals surface area contributed by atoms with Crippen molar-refractivity contribution >= 4 is 41.0 Å². The van der Waals surface area contributed by atoms with Gasteiger partial charge in [-0.25, -0.2) is 0 Å². The largest absolute Gasteiger partial charge is 0.497 e. The molecule has 0 aliphatic carbocycles. The molecule has 5 heteroatoms. The first-order valence-corrected chi connectivity index (χ1v) is 8.92. The molecule has 0 N–H and O–H groups in total. The molecule has 120 valence electrons. The highest BCUT2D eigenvalue weighted by molar-refractivity contribution is 7.98. The number of carbonyl (C=O) groups excluding carboxylic acids is 1. The maximum Gasteiger partial charge on any atom is 0.144 e. The Morgan fingerprint density at radius 1 is 1.45 bits per heavy atom. The third-order valence-electron chi connectivity index (χ3n) is 3.34. The zero-order valence-electron chi connectivity index (χ0n) is 13.6. The Hall–Kier alpha value is -1.33. The van der Waals surface area contributed by atoms with E-state index in [9.17, 15) is 4.79 Å². The van der Waals surface area contributed by atoms with Crippen LogP contribution in [0.3, 0.4) is 0 Å². The molecule has 0 aromatic heterocycles. The highest BCUT2D eigenvalue weighted by Gasteiger charge is 2.15. The Balaban J connectivity index is 3.17. The SMILES string of the molecule is COc1ccc(/C(=C/C=O)N(CCCSC)C(C)=S)c(C)c1. The molecule has 0 saturated carbocycles. The first-order valence-electron chi connectivity index (χ1n) is 7.12. The first kappa shape index (κ1) is 18.7. The summed E-state index contributed by atoms with van der Waals surface area (Å²) in [6.45, 7) is 4.71. The smallest absolute Gasteiger partial charge is 0.144 e. The summed E-state index contributed by atoms with van der Waals surface area (Å²) in [5, 5.41) is 0. The van der Waals surface area contributed by atoms with Gasteiger partial charge >= 0.3 is 0 Å². The summed E-state index contributed by atoms with van der Waals surface area (Å²) in [4.78, 5) is 13.9. The molecule has 0 spiro atoms. The number of allylic oxidation sites excluding steroid dienone is 1. The van der Waals surface area contributed by atoms with Crippen LogP contribution in [0.25, 0.3) is 5.70 Å². The van der Waals surface area contributed by atoms with Crippen molar-refractivity contribution in [2.75, 3.05) is 25.7 Å². The fraction of sp³-hybridized carbons (Fsp3) is 0.412. The quantitative estimate of drug-likeness (QED) is 0.310. The van der Waals surface area contributed by atoms with E-state index in [2.05, 4.69) is 6.26 Å². The molecular weight excluding hydrogens is 314 g/mol. The number of aryl methyl sites for hydroxylation is 1. The molecule has 0 fully saturated rings. The molecule has 0 aliphatic heterocycles. The zero-order chi connectivity index (χ0) is 16.5. The molecule has 0 radical (unpaired) electrons. The van der Waals surface area contributed by atoms with Gasteiger partial charge in [0.25, 0.3) is 0 Å². The van der Waals surface area contributed by atoms with Gasteiger partial charge in [0.15, 0.2) is 0 Å². The van der Waals surface area contributed by atoms with Crippen molar-refractivity contribution in [1.82, 2.24) is 4.90 Å². The normalized spacial score (nSPS) is 11.2. The van der Waals surface area contributed by atoms with Gasteiger partial charge in [-0.3, -0.25) is 4.79 Å². The van der Waals surface area contributed by atoms with E-state index >= 15 is 0 Å². The van der Waals surface area contributed by atoms with Gasteiger partial charge < -0.3 is 9.64 Å². The van der Waals surface area contributed by atoms with Crippen LogP contribution in [0.2, 0.25) is 0 Å². The first-order chi connectivity index (χ1) is 10.5. The Morgan fingerprint density at radius 2 is 2.18 bits per heavy atom. The second kappa shape index (κ2) is 9.64. The van der Waals surface area contributed by atoms with Crippen molar-refractivity contribution < 1.29 is 9.53 Å². The van der Waals surface area contributed by atoms with Crippen LogP contribution in [0.1, 0.15) is 24.5 Å². The molecule has 0 aliphatic rings. The molecule has 0 unspecified atom stereocenters. The lowest BCUT2D eigenvalue weighted by atomic mass is 10.0. The highest BCUT2D eigenvalue weighted by Crippen LogP contribution is 2.26. The molecule has 0 bridgehead atoms. The van der Waals surface area contributed by atoms with E-state index in [-0.39, 0.29) is 0 Å². The van der Waals surface area contributed by atoms with Crippen LogP contribution in [-0.2, 0) is 4.79 Å². The average molecular weight is 338 g/mol. The number of thiocarbonyl (C=S) groups is 1. The number of aldehydes is 1. The molecule has 22 heavy (non-hydrogen) atoms. The van der Waals surface area contributed by atoms with Gasteiger partial charge in [0.05, 0.1) is 17.8 Å². The summed E-state index contributed by atoms with van der Waals surface area (Å²) in [7, 11) is 1.65. The van der Waals surface area contributed by atoms with E-state index in [0.29, 0.717) is 0 Å². The lowest BCUT2D eigenvalue weighted by molar-refractivity contribution is -0.104. The summed E-state index contributed by atoms with van der Waals surface area (Å²) < 4.78 is 5.25. The standard InChI is InChI=1S/C17H23NO2S2/c1-13-12-15(20-3)6-7-16(13)17(8-10-19)18(14(2)21)9-5-11-22-4/h6-8,10,12H,5,9,11H2,1-4H3/b17-8-. The molecule has 1 rings (SSSR count). The predicted molar refractivity (Wildman–Crippen MR) is 99.7 cm³/mol. The van der Waals surface area contributed by atoms with E-state index in [1.54, 1.807) is 13.2 Å². The molecule has 0 amide bonds. The van der Waals surface area contributed by atoms with Crippen molar-refractivity contribution in [1.29, 1.82) is 0 Å². The van der Waals surface area contributed by atoms with E-state index in [1.807, 2.05) is 48.7 Å².